The summed E-state index contributed by atoms with van der Waals surface area (Å²) < 4.78 is 24.5. The lowest BCUT2D eigenvalue weighted by Crippen LogP contribution is -2.37. The highest BCUT2D eigenvalue weighted by atomic mass is 16.5. The van der Waals surface area contributed by atoms with Gasteiger partial charge in [-0.2, -0.15) is 0 Å². The zero-order chi connectivity index (χ0) is 80.5. The van der Waals surface area contributed by atoms with Gasteiger partial charge in [0.1, 0.15) is 0 Å². The standard InChI is InChI=1S/C99H190N2O10/c1-9-17-24-30-34-43-64-88(62-41-28-21-13-5)96(104)108-79-55-38-47-70-93-73-74-94(101(93)76-52-54-78-103)71-48-39-56-80-109-98(106)90(66-45-36-32-26-19-11-3)69-59-68-87(16-8)91(61-23-15-7)84-92(67-46-37-33-27-20-12-4)99(107)111-81-57-40-49-72-95-83-86(85-100(95)75-51-53-77-102)60-50-58-82-110-97(105)89(63-42-29-22-14-6)65-44-35-31-25-18-10-2/h86-95,102-103H,9-85H2,1-8H3. The Morgan fingerprint density at radius 1 is 0.297 bits per heavy atom. The van der Waals surface area contributed by atoms with Gasteiger partial charge in [0.05, 0.1) is 50.1 Å². The molecule has 10 atom stereocenters. The summed E-state index contributed by atoms with van der Waals surface area (Å²) in [6.45, 7) is 24.1. The van der Waals surface area contributed by atoms with Crippen molar-refractivity contribution >= 4 is 23.9 Å². The summed E-state index contributed by atoms with van der Waals surface area (Å²) in [7, 11) is 0. The predicted octanol–water partition coefficient (Wildman–Crippen LogP) is 27.9. The van der Waals surface area contributed by atoms with Crippen LogP contribution >= 0.6 is 0 Å². The highest BCUT2D eigenvalue weighted by Gasteiger charge is 2.34. The first kappa shape index (κ1) is 105. The van der Waals surface area contributed by atoms with Gasteiger partial charge in [-0.1, -0.05) is 338 Å². The van der Waals surface area contributed by atoms with Crippen LogP contribution in [0.25, 0.3) is 0 Å². The first-order valence-corrected chi connectivity index (χ1v) is 49.9. The molecule has 111 heavy (non-hydrogen) atoms. The van der Waals surface area contributed by atoms with Crippen LogP contribution in [0.3, 0.4) is 0 Å². The maximum atomic E-state index is 14.4. The van der Waals surface area contributed by atoms with Crippen LogP contribution in [-0.4, -0.2) is 121 Å². The second kappa shape index (κ2) is 76.4. The number of aliphatic hydroxyl groups excluding tert-OH is 2. The van der Waals surface area contributed by atoms with E-state index in [0.717, 1.165) is 238 Å². The number of unbranched alkanes of at least 4 members (excludes halogenated alkanes) is 36. The summed E-state index contributed by atoms with van der Waals surface area (Å²) in [5, 5.41) is 19.4. The average molecular weight is 1570 g/mol. The van der Waals surface area contributed by atoms with Crippen molar-refractivity contribution in [1.29, 1.82) is 0 Å². The molecule has 2 aliphatic heterocycles. The quantitative estimate of drug-likeness (QED) is 0.0339. The molecule has 2 heterocycles. The van der Waals surface area contributed by atoms with E-state index in [9.17, 15) is 29.4 Å². The zero-order valence-corrected chi connectivity index (χ0v) is 75.3. The van der Waals surface area contributed by atoms with E-state index in [1.165, 1.54) is 218 Å². The van der Waals surface area contributed by atoms with Crippen LogP contribution in [0.4, 0.5) is 0 Å². The van der Waals surface area contributed by atoms with E-state index >= 15 is 0 Å². The summed E-state index contributed by atoms with van der Waals surface area (Å²) in [6, 6.07) is 1.73. The van der Waals surface area contributed by atoms with Crippen LogP contribution < -0.4 is 0 Å². The van der Waals surface area contributed by atoms with E-state index in [1.54, 1.807) is 0 Å². The molecule has 0 aromatic heterocycles. The Labute approximate surface area is 689 Å². The second-order valence-corrected chi connectivity index (χ2v) is 35.9. The minimum Gasteiger partial charge on any atom is -0.465 e. The maximum absolute atomic E-state index is 14.4. The van der Waals surface area contributed by atoms with Gasteiger partial charge in [0.15, 0.2) is 0 Å². The van der Waals surface area contributed by atoms with Crippen molar-refractivity contribution in [1.82, 2.24) is 9.80 Å². The maximum Gasteiger partial charge on any atom is 0.308 e. The Morgan fingerprint density at radius 2 is 0.604 bits per heavy atom. The number of rotatable bonds is 84. The molecule has 12 heteroatoms. The van der Waals surface area contributed by atoms with E-state index in [0.29, 0.717) is 62.3 Å². The van der Waals surface area contributed by atoms with Gasteiger partial charge < -0.3 is 34.1 Å². The van der Waals surface area contributed by atoms with Crippen LogP contribution in [0.15, 0.2) is 0 Å². The summed E-state index contributed by atoms with van der Waals surface area (Å²) in [4.78, 5) is 60.8. The molecular formula is C99H190N2O10. The summed E-state index contributed by atoms with van der Waals surface area (Å²) in [6.07, 6.45) is 77.1. The smallest absolute Gasteiger partial charge is 0.308 e. The minimum absolute atomic E-state index is 0.0236. The Bertz CT molecular complexity index is 2060. The second-order valence-electron chi connectivity index (χ2n) is 35.9. The molecule has 2 aliphatic rings. The van der Waals surface area contributed by atoms with Gasteiger partial charge in [-0.05, 0) is 185 Å². The first-order valence-electron chi connectivity index (χ1n) is 49.9. The van der Waals surface area contributed by atoms with Gasteiger partial charge in [0.2, 0.25) is 0 Å². The van der Waals surface area contributed by atoms with Crippen LogP contribution in [-0.2, 0) is 38.1 Å². The van der Waals surface area contributed by atoms with E-state index in [4.69, 9.17) is 18.9 Å². The van der Waals surface area contributed by atoms with Crippen LogP contribution in [0.2, 0.25) is 0 Å². The largest absolute Gasteiger partial charge is 0.465 e. The van der Waals surface area contributed by atoms with Gasteiger partial charge in [0, 0.05) is 37.9 Å². The third-order valence-electron chi connectivity index (χ3n) is 26.2. The van der Waals surface area contributed by atoms with Crippen molar-refractivity contribution in [2.24, 2.45) is 41.4 Å². The van der Waals surface area contributed by atoms with Crippen LogP contribution in [0, 0.1) is 41.4 Å². The molecule has 0 aromatic carbocycles. The third kappa shape index (κ3) is 55.2. The number of esters is 4. The molecule has 0 amide bonds. The number of carbonyl (C=O) groups is 4. The number of nitrogens with zero attached hydrogens (tertiary/aromatic N) is 2. The molecule has 2 rings (SSSR count). The van der Waals surface area contributed by atoms with Crippen molar-refractivity contribution in [2.45, 2.75) is 510 Å². The number of ether oxygens (including phenoxy) is 4. The van der Waals surface area contributed by atoms with Gasteiger partial charge in [0.25, 0.3) is 0 Å². The fourth-order valence-electron chi connectivity index (χ4n) is 18.9. The summed E-state index contributed by atoms with van der Waals surface area (Å²) in [5.41, 5.74) is 0. The lowest BCUT2D eigenvalue weighted by Gasteiger charge is -2.30. The highest BCUT2D eigenvalue weighted by Crippen LogP contribution is 2.37. The van der Waals surface area contributed by atoms with Crippen molar-refractivity contribution in [3.63, 3.8) is 0 Å². The molecule has 0 radical (unpaired) electrons. The van der Waals surface area contributed by atoms with Crippen molar-refractivity contribution in [2.75, 3.05) is 59.3 Å². The molecule has 0 aromatic rings. The number of hydrogen-bond acceptors (Lipinski definition) is 12. The van der Waals surface area contributed by atoms with E-state index in [1.807, 2.05) is 0 Å². The molecule has 2 fully saturated rings. The topological polar surface area (TPSA) is 152 Å². The van der Waals surface area contributed by atoms with Gasteiger partial charge >= 0.3 is 23.9 Å². The van der Waals surface area contributed by atoms with Crippen molar-refractivity contribution in [3.05, 3.63) is 0 Å². The van der Waals surface area contributed by atoms with E-state index in [2.05, 4.69) is 65.2 Å². The molecule has 10 unspecified atom stereocenters. The lowest BCUT2D eigenvalue weighted by molar-refractivity contribution is -0.150. The lowest BCUT2D eigenvalue weighted by atomic mass is 9.76. The molecule has 656 valence electrons. The number of likely N-dealkylation sites (tertiary alicyclic amines) is 2. The molecule has 0 spiro atoms. The summed E-state index contributed by atoms with van der Waals surface area (Å²) in [5.74, 6) is 1.81. The SMILES string of the molecule is CCCCCCCCC(CCCCCC)C(=O)OCCCCCC1CCC(CCCCCOC(=O)C(CCCCCCCC)CCCC(CC)C(CCCC)CC(CCCCCCCC)C(=O)OCCCCCC2CC(CCCCOC(=O)C(CCCCCC)CCCCCCCC)CN2CCCCO)N1CCCCO. The Morgan fingerprint density at radius 3 is 0.991 bits per heavy atom. The Balaban J connectivity index is 1.98. The molecule has 0 saturated carbocycles. The average Bonchev–Trinajstić information content (AvgIpc) is 1.73. The number of hydrogen-bond donors (Lipinski definition) is 2. The van der Waals surface area contributed by atoms with Gasteiger partial charge in [-0.15, -0.1) is 0 Å². The van der Waals surface area contributed by atoms with E-state index < -0.39 is 0 Å². The van der Waals surface area contributed by atoms with Crippen LogP contribution in [0.5, 0.6) is 0 Å². The van der Waals surface area contributed by atoms with Crippen LogP contribution in [0.1, 0.15) is 492 Å². The third-order valence-corrected chi connectivity index (χ3v) is 26.2. The van der Waals surface area contributed by atoms with Gasteiger partial charge in [-0.25, -0.2) is 0 Å². The Kier molecular flexibility index (Phi) is 72.1. The highest BCUT2D eigenvalue weighted by molar-refractivity contribution is 5.73. The minimum atomic E-state index is -0.0652. The normalized spacial score (nSPS) is 17.8. The van der Waals surface area contributed by atoms with Crippen molar-refractivity contribution in [3.8, 4) is 0 Å². The molecular weight excluding hydrogens is 1380 g/mol. The predicted molar refractivity (Wildman–Crippen MR) is 471 cm³/mol. The molecule has 0 aliphatic carbocycles. The fourth-order valence-corrected chi connectivity index (χ4v) is 18.9. The molecule has 0 bridgehead atoms. The fraction of sp³-hybridized carbons (Fsp3) is 0.960. The zero-order valence-electron chi connectivity index (χ0n) is 75.3. The molecule has 2 N–H and O–H groups in total. The first-order chi connectivity index (χ1) is 54.5. The summed E-state index contributed by atoms with van der Waals surface area (Å²) >= 11 is 0. The molecule has 12 nitrogen and oxygen atoms in total. The van der Waals surface area contributed by atoms with E-state index in [-0.39, 0.29) is 60.8 Å². The van der Waals surface area contributed by atoms with Gasteiger partial charge in [-0.3, -0.25) is 24.1 Å². The Hall–Kier alpha value is -2.28. The number of aliphatic hydroxyl groups is 2. The molecule has 2 saturated heterocycles. The number of carbonyl (C=O) groups excluding carboxylic acids is 4. The van der Waals surface area contributed by atoms with Crippen molar-refractivity contribution < 1.29 is 48.3 Å². The monoisotopic (exact) mass is 1570 g/mol.